The highest BCUT2D eigenvalue weighted by Gasteiger charge is 2.05. The summed E-state index contributed by atoms with van der Waals surface area (Å²) in [6.45, 7) is 15.0. The fraction of sp³-hybridized carbons (Fsp3) is 0.294. The van der Waals surface area contributed by atoms with Crippen LogP contribution in [0.5, 0.6) is 5.75 Å². The monoisotopic (exact) mass is 277 g/mol. The molecule has 2 nitrogen and oxygen atoms in total. The molecule has 110 valence electrons. The third-order valence-electron chi connectivity index (χ3n) is 2.33. The Morgan fingerprint density at radius 3 is 2.45 bits per heavy atom. The van der Waals surface area contributed by atoms with E-state index in [1.54, 1.807) is 19.1 Å². The van der Waals surface area contributed by atoms with Gasteiger partial charge >= 0.3 is 0 Å². The second-order valence-electron chi connectivity index (χ2n) is 3.76. The Labute approximate surface area is 122 Å². The minimum atomic E-state index is -0.413. The number of benzene rings is 1. The summed E-state index contributed by atoms with van der Waals surface area (Å²) in [7, 11) is 0. The Morgan fingerprint density at radius 1 is 1.30 bits per heavy atom. The molecule has 1 aromatic rings. The lowest BCUT2D eigenvalue weighted by Crippen LogP contribution is -2.09. The van der Waals surface area contributed by atoms with Gasteiger partial charge in [-0.1, -0.05) is 38.8 Å². The van der Waals surface area contributed by atoms with Crippen LogP contribution in [-0.4, -0.2) is 0 Å². The Balaban J connectivity index is 0. The van der Waals surface area contributed by atoms with Gasteiger partial charge in [-0.25, -0.2) is 4.39 Å². The van der Waals surface area contributed by atoms with Gasteiger partial charge in [-0.3, -0.25) is 0 Å². The van der Waals surface area contributed by atoms with Gasteiger partial charge in [0.15, 0.2) is 11.6 Å². The molecule has 0 spiro atoms. The summed E-state index contributed by atoms with van der Waals surface area (Å²) in [6, 6.07) is 4.80. The second kappa shape index (κ2) is 9.69. The van der Waals surface area contributed by atoms with Crippen LogP contribution >= 0.6 is 0 Å². The number of nitrogens with one attached hydrogen (secondary N) is 1. The molecule has 0 amide bonds. The normalized spacial score (nSPS) is 8.45. The van der Waals surface area contributed by atoms with Gasteiger partial charge in [-0.05, 0) is 24.6 Å². The van der Waals surface area contributed by atoms with Crippen LogP contribution in [0, 0.1) is 5.82 Å². The van der Waals surface area contributed by atoms with E-state index in [0.29, 0.717) is 12.3 Å². The van der Waals surface area contributed by atoms with Crippen LogP contribution in [0.2, 0.25) is 0 Å². The third kappa shape index (κ3) is 6.10. The van der Waals surface area contributed by atoms with Crippen molar-refractivity contribution in [3.63, 3.8) is 0 Å². The quantitative estimate of drug-likeness (QED) is 0.607. The van der Waals surface area contributed by atoms with Crippen molar-refractivity contribution >= 4 is 0 Å². The van der Waals surface area contributed by atoms with Crippen molar-refractivity contribution in [3.05, 3.63) is 65.7 Å². The molecule has 0 aliphatic carbocycles. The van der Waals surface area contributed by atoms with Gasteiger partial charge in [0.25, 0.3) is 0 Å². The van der Waals surface area contributed by atoms with E-state index in [0.717, 1.165) is 11.3 Å². The van der Waals surface area contributed by atoms with E-state index in [-0.39, 0.29) is 7.18 Å². The highest BCUT2D eigenvalue weighted by atomic mass is 19.1. The summed E-state index contributed by atoms with van der Waals surface area (Å²) in [6.07, 6.45) is 0. The number of ether oxygens (including phenoxy) is 1. The lowest BCUT2D eigenvalue weighted by Gasteiger charge is -2.08. The molecule has 0 fully saturated rings. The van der Waals surface area contributed by atoms with E-state index in [2.05, 4.69) is 29.9 Å². The minimum absolute atomic E-state index is 0. The Kier molecular flexibility index (Phi) is 8.61. The van der Waals surface area contributed by atoms with Gasteiger partial charge in [0.1, 0.15) is 5.76 Å². The molecule has 0 aromatic heterocycles. The summed E-state index contributed by atoms with van der Waals surface area (Å²) >= 11 is 0. The molecule has 0 radical (unpaired) electrons. The molecular weight excluding hydrogens is 253 g/mol. The lowest BCUT2D eigenvalue weighted by molar-refractivity contribution is 0.399. The average Bonchev–Trinajstić information content (AvgIpc) is 2.49. The molecule has 1 N–H and O–H groups in total. The second-order valence-corrected chi connectivity index (χ2v) is 3.76. The van der Waals surface area contributed by atoms with E-state index in [4.69, 9.17) is 4.74 Å². The summed E-state index contributed by atoms with van der Waals surface area (Å²) in [5, 5.41) is 3.06. The standard InChI is InChI=1S/C15H16FNO.C2H6.H2/c1-5-11(3)17-10-13-7-8-15(14(16)9-13)18-12(4)6-2;1-2;/h7-9,17H,1-2,10H2,3-4H3;1-2H3;1H. The van der Waals surface area contributed by atoms with Gasteiger partial charge in [-0.2, -0.15) is 0 Å². The largest absolute Gasteiger partial charge is 0.451 e. The van der Waals surface area contributed by atoms with Crippen molar-refractivity contribution in [2.45, 2.75) is 34.2 Å². The molecule has 1 aromatic carbocycles. The topological polar surface area (TPSA) is 21.3 Å². The summed E-state index contributed by atoms with van der Waals surface area (Å²) in [5.41, 5.74) is 6.90. The SMILES string of the molecule is C=C=C(C)NCc1ccc(OC(C)=C=C)c(F)c1.CC.[HH]. The van der Waals surface area contributed by atoms with E-state index in [1.165, 1.54) is 6.07 Å². The van der Waals surface area contributed by atoms with Crippen molar-refractivity contribution in [2.75, 3.05) is 0 Å². The highest BCUT2D eigenvalue weighted by Crippen LogP contribution is 2.20. The first-order chi connectivity index (χ1) is 9.56. The van der Waals surface area contributed by atoms with Crippen LogP contribution in [-0.2, 0) is 6.54 Å². The Bertz CT molecular complexity index is 542. The molecule has 0 bridgehead atoms. The smallest absolute Gasteiger partial charge is 0.166 e. The van der Waals surface area contributed by atoms with Crippen LogP contribution in [0.4, 0.5) is 4.39 Å². The van der Waals surface area contributed by atoms with Crippen LogP contribution < -0.4 is 10.1 Å². The summed E-state index contributed by atoms with van der Waals surface area (Å²) < 4.78 is 18.9. The molecule has 3 heteroatoms. The van der Waals surface area contributed by atoms with Gasteiger partial charge in [0, 0.05) is 14.9 Å². The fourth-order valence-electron chi connectivity index (χ4n) is 1.24. The molecular formula is C17H24FNO. The molecule has 0 aliphatic rings. The Hall–Kier alpha value is -2.21. The van der Waals surface area contributed by atoms with Gasteiger partial charge in [-0.15, -0.1) is 5.73 Å². The summed E-state index contributed by atoms with van der Waals surface area (Å²) in [4.78, 5) is 0. The zero-order chi connectivity index (χ0) is 15.5. The first-order valence-corrected chi connectivity index (χ1v) is 6.50. The molecule has 0 saturated carbocycles. The van der Waals surface area contributed by atoms with Gasteiger partial charge in [0.2, 0.25) is 0 Å². The maximum atomic E-state index is 13.7. The van der Waals surface area contributed by atoms with Crippen molar-refractivity contribution in [1.29, 1.82) is 0 Å². The van der Waals surface area contributed by atoms with E-state index in [1.807, 2.05) is 20.8 Å². The molecule has 0 aliphatic heterocycles. The van der Waals surface area contributed by atoms with Gasteiger partial charge in [0.05, 0.1) is 5.70 Å². The summed E-state index contributed by atoms with van der Waals surface area (Å²) in [5.74, 6) is 0.192. The van der Waals surface area contributed by atoms with E-state index < -0.39 is 5.82 Å². The lowest BCUT2D eigenvalue weighted by atomic mass is 10.2. The van der Waals surface area contributed by atoms with Crippen LogP contribution in [0.25, 0.3) is 0 Å². The van der Waals surface area contributed by atoms with Crippen molar-refractivity contribution < 1.29 is 10.6 Å². The first-order valence-electron chi connectivity index (χ1n) is 6.50. The van der Waals surface area contributed by atoms with Gasteiger partial charge < -0.3 is 10.1 Å². The molecule has 0 atom stereocenters. The predicted molar refractivity (Wildman–Crippen MR) is 84.0 cm³/mol. The van der Waals surface area contributed by atoms with Crippen molar-refractivity contribution in [1.82, 2.24) is 5.32 Å². The van der Waals surface area contributed by atoms with Crippen molar-refractivity contribution in [2.24, 2.45) is 0 Å². The minimum Gasteiger partial charge on any atom is -0.451 e. The number of hydrogen-bond donors (Lipinski definition) is 1. The average molecular weight is 277 g/mol. The first kappa shape index (κ1) is 17.8. The van der Waals surface area contributed by atoms with E-state index in [9.17, 15) is 4.39 Å². The molecule has 0 heterocycles. The number of halogens is 1. The highest BCUT2D eigenvalue weighted by molar-refractivity contribution is 5.30. The predicted octanol–water partition coefficient (Wildman–Crippen LogP) is 4.94. The van der Waals surface area contributed by atoms with Crippen LogP contribution in [0.1, 0.15) is 34.7 Å². The third-order valence-corrected chi connectivity index (χ3v) is 2.33. The van der Waals surface area contributed by atoms with Crippen molar-refractivity contribution in [3.8, 4) is 5.75 Å². The van der Waals surface area contributed by atoms with Crippen LogP contribution in [0.15, 0.2) is 54.3 Å². The maximum Gasteiger partial charge on any atom is 0.166 e. The number of rotatable bonds is 5. The van der Waals surface area contributed by atoms with E-state index >= 15 is 0 Å². The van der Waals surface area contributed by atoms with Crippen LogP contribution in [0.3, 0.4) is 0 Å². The molecule has 1 rings (SSSR count). The molecule has 0 unspecified atom stereocenters. The maximum absolute atomic E-state index is 13.7. The zero-order valence-electron chi connectivity index (χ0n) is 12.6. The number of allylic oxidation sites excluding steroid dienone is 2. The molecule has 0 saturated heterocycles. The zero-order valence-corrected chi connectivity index (χ0v) is 12.6. The molecule has 20 heavy (non-hydrogen) atoms. The fourth-order valence-corrected chi connectivity index (χ4v) is 1.24. The number of hydrogen-bond acceptors (Lipinski definition) is 2. The Morgan fingerprint density at radius 2 is 1.95 bits per heavy atom.